The number of hydrogen-bond donors (Lipinski definition) is 0. The summed E-state index contributed by atoms with van der Waals surface area (Å²) in [7, 11) is -3.19. The Morgan fingerprint density at radius 3 is 2.48 bits per heavy atom. The van der Waals surface area contributed by atoms with E-state index < -0.39 is 15.6 Å². The second-order valence-electron chi connectivity index (χ2n) is 12.9. The van der Waals surface area contributed by atoms with Crippen molar-refractivity contribution in [1.29, 1.82) is 0 Å². The van der Waals surface area contributed by atoms with Gasteiger partial charge in [-0.25, -0.2) is 13.2 Å². The van der Waals surface area contributed by atoms with E-state index in [1.165, 1.54) is 0 Å². The van der Waals surface area contributed by atoms with E-state index in [-0.39, 0.29) is 17.4 Å². The Bertz CT molecular complexity index is 1350. The normalized spacial score (nSPS) is 20.0. The lowest BCUT2D eigenvalue weighted by atomic mass is 10.0. The zero-order valence-corrected chi connectivity index (χ0v) is 27.2. The second kappa shape index (κ2) is 15.1. The Hall–Kier alpha value is -2.62. The van der Waals surface area contributed by atoms with Crippen molar-refractivity contribution in [2.75, 3.05) is 26.3 Å². The van der Waals surface area contributed by atoms with Crippen molar-refractivity contribution in [1.82, 2.24) is 4.90 Å². The molecule has 8 nitrogen and oxygen atoms in total. The van der Waals surface area contributed by atoms with E-state index >= 15 is 0 Å². The van der Waals surface area contributed by atoms with Crippen LogP contribution in [0, 0.1) is 0 Å². The zero-order chi connectivity index (χ0) is 31.0. The summed E-state index contributed by atoms with van der Waals surface area (Å²) in [5.41, 5.74) is 3.06. The van der Waals surface area contributed by atoms with Crippen LogP contribution in [-0.4, -0.2) is 56.8 Å². The summed E-state index contributed by atoms with van der Waals surface area (Å²) in [5, 5.41) is -0.196. The molecule has 2 heterocycles. The third-order valence-corrected chi connectivity index (χ3v) is 11.2. The number of carbonyl (C=O) groups is 1. The number of rotatable bonds is 16. The summed E-state index contributed by atoms with van der Waals surface area (Å²) in [5.74, 6) is 0.193. The molecule has 2 aliphatic heterocycles. The van der Waals surface area contributed by atoms with Crippen LogP contribution >= 0.6 is 0 Å². The number of hydrogen-bond acceptors (Lipinski definition) is 7. The third kappa shape index (κ3) is 8.76. The van der Waals surface area contributed by atoms with Crippen LogP contribution in [0.2, 0.25) is 0 Å². The highest BCUT2D eigenvalue weighted by Gasteiger charge is 2.34. The number of sulfone groups is 1. The molecule has 0 bridgehead atoms. The monoisotopic (exact) mass is 627 g/mol. The SMILES string of the molecule is CC1(C)OCc2cc([C@@H]3CN(CCCCCCOCCCCCc4cccc(S(=O)(=O)C5CCCC5)c4)C(=O)O3)ccc2O1. The Labute approximate surface area is 263 Å². The van der Waals surface area contributed by atoms with Gasteiger partial charge in [0.05, 0.1) is 23.3 Å². The summed E-state index contributed by atoms with van der Waals surface area (Å²) >= 11 is 0. The van der Waals surface area contributed by atoms with Gasteiger partial charge >= 0.3 is 6.09 Å². The number of amides is 1. The van der Waals surface area contributed by atoms with Crippen LogP contribution in [-0.2, 0) is 37.1 Å². The minimum atomic E-state index is -3.19. The predicted molar refractivity (Wildman–Crippen MR) is 169 cm³/mol. The molecule has 1 saturated carbocycles. The Kier molecular flexibility index (Phi) is 11.3. The predicted octanol–water partition coefficient (Wildman–Crippen LogP) is 7.53. The Morgan fingerprint density at radius 1 is 0.932 bits per heavy atom. The summed E-state index contributed by atoms with van der Waals surface area (Å²) in [6.45, 7) is 7.07. The van der Waals surface area contributed by atoms with Gasteiger partial charge in [0.1, 0.15) is 11.9 Å². The summed E-state index contributed by atoms with van der Waals surface area (Å²) in [6, 6.07) is 13.5. The fourth-order valence-electron chi connectivity index (χ4n) is 6.36. The van der Waals surface area contributed by atoms with Crippen LogP contribution in [0.25, 0.3) is 0 Å². The molecule has 0 spiro atoms. The summed E-state index contributed by atoms with van der Waals surface area (Å²) in [4.78, 5) is 14.7. The Balaban J connectivity index is 0.887. The minimum Gasteiger partial charge on any atom is -0.463 e. The number of nitrogens with zero attached hydrogens (tertiary/aromatic N) is 1. The van der Waals surface area contributed by atoms with E-state index in [0.29, 0.717) is 24.6 Å². The molecule has 44 heavy (non-hydrogen) atoms. The first-order chi connectivity index (χ1) is 21.2. The maximum atomic E-state index is 12.9. The molecular formula is C35H49NO7S. The topological polar surface area (TPSA) is 91.4 Å². The van der Waals surface area contributed by atoms with Gasteiger partial charge in [0.2, 0.25) is 5.79 Å². The lowest BCUT2D eigenvalue weighted by Gasteiger charge is -2.32. The van der Waals surface area contributed by atoms with Gasteiger partial charge in [-0.05, 0) is 80.3 Å². The molecular weight excluding hydrogens is 578 g/mol. The van der Waals surface area contributed by atoms with E-state index in [1.54, 1.807) is 6.07 Å². The van der Waals surface area contributed by atoms with Crippen molar-refractivity contribution < 1.29 is 32.2 Å². The van der Waals surface area contributed by atoms with Crippen LogP contribution in [0.4, 0.5) is 4.79 Å². The van der Waals surface area contributed by atoms with Crippen molar-refractivity contribution in [3.63, 3.8) is 0 Å². The third-order valence-electron chi connectivity index (χ3n) is 8.96. The number of aryl methyl sites for hydroxylation is 1. The smallest absolute Gasteiger partial charge is 0.410 e. The van der Waals surface area contributed by atoms with E-state index in [1.807, 2.05) is 55.1 Å². The van der Waals surface area contributed by atoms with Gasteiger partial charge in [0.15, 0.2) is 9.84 Å². The first kappa shape index (κ1) is 32.8. The zero-order valence-electron chi connectivity index (χ0n) is 26.4. The first-order valence-corrected chi connectivity index (χ1v) is 18.1. The number of benzene rings is 2. The minimum absolute atomic E-state index is 0.196. The average Bonchev–Trinajstić information content (AvgIpc) is 3.68. The average molecular weight is 628 g/mol. The van der Waals surface area contributed by atoms with Crippen molar-refractivity contribution in [2.24, 2.45) is 0 Å². The van der Waals surface area contributed by atoms with Gasteiger partial charge in [0, 0.05) is 39.2 Å². The van der Waals surface area contributed by atoms with Crippen molar-refractivity contribution in [2.45, 2.75) is 120 Å². The lowest BCUT2D eigenvalue weighted by Crippen LogP contribution is -2.35. The molecule has 242 valence electrons. The highest BCUT2D eigenvalue weighted by molar-refractivity contribution is 7.92. The summed E-state index contributed by atoms with van der Waals surface area (Å²) < 4.78 is 48.9. The van der Waals surface area contributed by atoms with E-state index in [0.717, 1.165) is 113 Å². The van der Waals surface area contributed by atoms with Gasteiger partial charge in [-0.15, -0.1) is 0 Å². The van der Waals surface area contributed by atoms with Crippen molar-refractivity contribution in [3.05, 3.63) is 59.2 Å². The van der Waals surface area contributed by atoms with Crippen molar-refractivity contribution in [3.8, 4) is 5.75 Å². The summed E-state index contributed by atoms with van der Waals surface area (Å²) in [6.07, 6.45) is 11.2. The van der Waals surface area contributed by atoms with Gasteiger partial charge in [-0.3, -0.25) is 0 Å². The number of fused-ring (bicyclic) bond motifs is 1. The van der Waals surface area contributed by atoms with Crippen molar-refractivity contribution >= 4 is 15.9 Å². The molecule has 9 heteroatoms. The van der Waals surface area contributed by atoms with E-state index in [2.05, 4.69) is 0 Å². The van der Waals surface area contributed by atoms with Crippen LogP contribution in [0.1, 0.15) is 107 Å². The molecule has 0 aromatic heterocycles. The molecule has 2 aromatic carbocycles. The van der Waals surface area contributed by atoms with E-state index in [4.69, 9.17) is 18.9 Å². The highest BCUT2D eigenvalue weighted by Crippen LogP contribution is 2.35. The highest BCUT2D eigenvalue weighted by atomic mass is 32.2. The fourth-order valence-corrected chi connectivity index (χ4v) is 8.29. The number of ether oxygens (including phenoxy) is 4. The van der Waals surface area contributed by atoms with E-state index in [9.17, 15) is 13.2 Å². The van der Waals surface area contributed by atoms with Gasteiger partial charge in [0.25, 0.3) is 0 Å². The molecule has 0 radical (unpaired) electrons. The fraction of sp³-hybridized carbons (Fsp3) is 0.629. The molecule has 1 aliphatic carbocycles. The van der Waals surface area contributed by atoms with Crippen LogP contribution in [0.3, 0.4) is 0 Å². The number of unbranched alkanes of at least 4 members (excludes halogenated alkanes) is 5. The van der Waals surface area contributed by atoms with Gasteiger partial charge in [-0.2, -0.15) is 0 Å². The van der Waals surface area contributed by atoms with Gasteiger partial charge < -0.3 is 23.8 Å². The second-order valence-corrected chi connectivity index (χ2v) is 15.1. The quantitative estimate of drug-likeness (QED) is 0.178. The Morgan fingerprint density at radius 2 is 1.68 bits per heavy atom. The molecule has 0 N–H and O–H groups in total. The lowest BCUT2D eigenvalue weighted by molar-refractivity contribution is -0.180. The molecule has 2 aromatic rings. The molecule has 0 unspecified atom stereocenters. The largest absolute Gasteiger partial charge is 0.463 e. The molecule has 5 rings (SSSR count). The van der Waals surface area contributed by atoms with Crippen LogP contribution in [0.15, 0.2) is 47.4 Å². The number of cyclic esters (lactones) is 1. The maximum absolute atomic E-state index is 12.9. The molecule has 3 aliphatic rings. The molecule has 1 amide bonds. The molecule has 1 saturated heterocycles. The number of carbonyl (C=O) groups excluding carboxylic acids is 1. The van der Waals surface area contributed by atoms with Crippen LogP contribution in [0.5, 0.6) is 5.75 Å². The maximum Gasteiger partial charge on any atom is 0.410 e. The standard InChI is InChI=1S/C35H49NO7S/c1-35(2)41-26-29-24-28(18-19-32(29)43-35)33-25-36(34(37)42-33)20-9-3-4-10-21-40-22-11-5-6-13-27-14-12-17-31(23-27)44(38,39)30-15-7-8-16-30/h12,14,17-19,23-24,30,33H,3-11,13,15-16,20-22,25-26H2,1-2H3/t33-/m0/s1. The first-order valence-electron chi connectivity index (χ1n) is 16.5. The molecule has 1 atom stereocenters. The van der Waals surface area contributed by atoms with Crippen LogP contribution < -0.4 is 4.74 Å². The van der Waals surface area contributed by atoms with Gasteiger partial charge in [-0.1, -0.05) is 50.3 Å². The molecule has 2 fully saturated rings.